The van der Waals surface area contributed by atoms with Crippen molar-refractivity contribution in [3.05, 3.63) is 21.3 Å². The molecule has 1 fully saturated rings. The molecule has 0 spiro atoms. The zero-order valence-corrected chi connectivity index (χ0v) is 13.7. The van der Waals surface area contributed by atoms with Crippen LogP contribution in [0.2, 0.25) is 4.34 Å². The molecular formula is C16H26ClNS. The lowest BCUT2D eigenvalue weighted by molar-refractivity contribution is 0.144. The summed E-state index contributed by atoms with van der Waals surface area (Å²) in [4.78, 5) is 1.42. The van der Waals surface area contributed by atoms with E-state index in [1.807, 2.05) is 6.07 Å². The predicted octanol–water partition coefficient (Wildman–Crippen LogP) is 5.28. The molecule has 108 valence electrons. The fourth-order valence-electron chi connectivity index (χ4n) is 3.25. The summed E-state index contributed by atoms with van der Waals surface area (Å²) < 4.78 is 0.915. The van der Waals surface area contributed by atoms with Crippen LogP contribution in [0.25, 0.3) is 0 Å². The number of hydrogen-bond acceptors (Lipinski definition) is 2. The SMILES string of the molecule is CCCNC(Cc1ccc(Cl)s1)C1(C)CCCCC1. The summed E-state index contributed by atoms with van der Waals surface area (Å²) in [6.07, 6.45) is 9.28. The molecule has 1 nitrogen and oxygen atoms in total. The molecule has 1 atom stereocenters. The minimum absolute atomic E-state index is 0.462. The second kappa shape index (κ2) is 7.10. The summed E-state index contributed by atoms with van der Waals surface area (Å²) in [5.41, 5.74) is 0.462. The Morgan fingerprint density at radius 2 is 2.05 bits per heavy atom. The van der Waals surface area contributed by atoms with Crippen molar-refractivity contribution in [1.29, 1.82) is 0 Å². The van der Waals surface area contributed by atoms with E-state index in [-0.39, 0.29) is 0 Å². The lowest BCUT2D eigenvalue weighted by atomic mass is 9.69. The van der Waals surface area contributed by atoms with E-state index in [9.17, 15) is 0 Å². The van der Waals surface area contributed by atoms with Crippen LogP contribution >= 0.6 is 22.9 Å². The maximum atomic E-state index is 6.07. The van der Waals surface area contributed by atoms with Gasteiger partial charge in [0.05, 0.1) is 4.34 Å². The topological polar surface area (TPSA) is 12.0 Å². The molecular weight excluding hydrogens is 274 g/mol. The Balaban J connectivity index is 2.05. The molecule has 1 saturated carbocycles. The highest BCUT2D eigenvalue weighted by molar-refractivity contribution is 7.16. The molecule has 0 aliphatic heterocycles. The smallest absolute Gasteiger partial charge is 0.0931 e. The summed E-state index contributed by atoms with van der Waals surface area (Å²) in [6, 6.07) is 4.82. The standard InChI is InChI=1S/C16H26ClNS/c1-3-11-18-14(12-13-7-8-15(17)19-13)16(2)9-5-4-6-10-16/h7-8,14,18H,3-6,9-12H2,1-2H3. The number of nitrogens with one attached hydrogen (secondary N) is 1. The molecule has 3 heteroatoms. The third-order valence-electron chi connectivity index (χ3n) is 4.51. The number of halogens is 1. The Kier molecular flexibility index (Phi) is 5.73. The molecule has 2 rings (SSSR count). The Morgan fingerprint density at radius 3 is 2.63 bits per heavy atom. The van der Waals surface area contributed by atoms with Crippen LogP contribution in [0.4, 0.5) is 0 Å². The third kappa shape index (κ3) is 4.21. The molecule has 1 aromatic heterocycles. The Labute approximate surface area is 126 Å². The van der Waals surface area contributed by atoms with Gasteiger partial charge in [0, 0.05) is 10.9 Å². The first-order chi connectivity index (χ1) is 9.14. The lowest BCUT2D eigenvalue weighted by Crippen LogP contribution is -2.46. The number of hydrogen-bond donors (Lipinski definition) is 1. The van der Waals surface area contributed by atoms with E-state index >= 15 is 0 Å². The Bertz CT molecular complexity index is 382. The molecule has 1 aliphatic rings. The molecule has 1 N–H and O–H groups in total. The van der Waals surface area contributed by atoms with Crippen molar-refractivity contribution in [3.63, 3.8) is 0 Å². The van der Waals surface area contributed by atoms with Crippen molar-refractivity contribution in [1.82, 2.24) is 5.32 Å². The summed E-state index contributed by atoms with van der Waals surface area (Å²) in [5.74, 6) is 0. The van der Waals surface area contributed by atoms with E-state index in [1.54, 1.807) is 11.3 Å². The summed E-state index contributed by atoms with van der Waals surface area (Å²) in [6.45, 7) is 5.85. The van der Waals surface area contributed by atoms with Crippen molar-refractivity contribution in [2.45, 2.75) is 64.8 Å². The summed E-state index contributed by atoms with van der Waals surface area (Å²) >= 11 is 7.80. The van der Waals surface area contributed by atoms with Gasteiger partial charge in [-0.05, 0) is 49.8 Å². The summed E-state index contributed by atoms with van der Waals surface area (Å²) in [5, 5.41) is 3.80. The second-order valence-corrected chi connectivity index (χ2v) is 7.93. The van der Waals surface area contributed by atoms with Crippen LogP contribution in [0.15, 0.2) is 12.1 Å². The molecule has 1 aliphatic carbocycles. The van der Waals surface area contributed by atoms with Crippen LogP contribution in [-0.4, -0.2) is 12.6 Å². The van der Waals surface area contributed by atoms with Crippen LogP contribution < -0.4 is 5.32 Å². The van der Waals surface area contributed by atoms with E-state index < -0.39 is 0 Å². The molecule has 0 radical (unpaired) electrons. The van der Waals surface area contributed by atoms with Crippen LogP contribution in [0.1, 0.15) is 57.2 Å². The molecule has 19 heavy (non-hydrogen) atoms. The van der Waals surface area contributed by atoms with Crippen molar-refractivity contribution in [2.24, 2.45) is 5.41 Å². The van der Waals surface area contributed by atoms with Gasteiger partial charge in [0.2, 0.25) is 0 Å². The quantitative estimate of drug-likeness (QED) is 0.753. The first-order valence-electron chi connectivity index (χ1n) is 7.61. The number of thiophene rings is 1. The average Bonchev–Trinajstić information content (AvgIpc) is 2.81. The molecule has 0 bridgehead atoms. The van der Waals surface area contributed by atoms with Gasteiger partial charge < -0.3 is 5.32 Å². The van der Waals surface area contributed by atoms with Gasteiger partial charge in [0.1, 0.15) is 0 Å². The molecule has 0 saturated heterocycles. The Hall–Kier alpha value is -0.0500. The van der Waals surface area contributed by atoms with E-state index in [1.165, 1.54) is 43.4 Å². The second-order valence-electron chi connectivity index (χ2n) is 6.13. The molecule has 1 unspecified atom stereocenters. The van der Waals surface area contributed by atoms with E-state index in [0.29, 0.717) is 11.5 Å². The van der Waals surface area contributed by atoms with Gasteiger partial charge in [0.25, 0.3) is 0 Å². The maximum Gasteiger partial charge on any atom is 0.0931 e. The van der Waals surface area contributed by atoms with Crippen molar-refractivity contribution in [3.8, 4) is 0 Å². The predicted molar refractivity (Wildman–Crippen MR) is 86.3 cm³/mol. The van der Waals surface area contributed by atoms with E-state index in [0.717, 1.165) is 17.3 Å². The minimum Gasteiger partial charge on any atom is -0.313 e. The molecule has 1 heterocycles. The van der Waals surface area contributed by atoms with Gasteiger partial charge in [-0.15, -0.1) is 11.3 Å². The van der Waals surface area contributed by atoms with Gasteiger partial charge in [-0.2, -0.15) is 0 Å². The lowest BCUT2D eigenvalue weighted by Gasteiger charge is -2.41. The first-order valence-corrected chi connectivity index (χ1v) is 8.81. The van der Waals surface area contributed by atoms with Crippen molar-refractivity contribution in [2.75, 3.05) is 6.54 Å². The Morgan fingerprint density at radius 1 is 1.32 bits per heavy atom. The molecule has 0 amide bonds. The highest BCUT2D eigenvalue weighted by atomic mass is 35.5. The zero-order chi connectivity index (χ0) is 13.7. The van der Waals surface area contributed by atoms with Crippen LogP contribution in [0, 0.1) is 5.41 Å². The van der Waals surface area contributed by atoms with Crippen LogP contribution in [0.3, 0.4) is 0 Å². The van der Waals surface area contributed by atoms with E-state index in [2.05, 4.69) is 25.2 Å². The van der Waals surface area contributed by atoms with Crippen molar-refractivity contribution < 1.29 is 0 Å². The molecule has 1 aromatic rings. The number of rotatable bonds is 6. The van der Waals surface area contributed by atoms with Gasteiger partial charge in [-0.25, -0.2) is 0 Å². The van der Waals surface area contributed by atoms with Gasteiger partial charge >= 0.3 is 0 Å². The van der Waals surface area contributed by atoms with Gasteiger partial charge in [0.15, 0.2) is 0 Å². The fraction of sp³-hybridized carbons (Fsp3) is 0.750. The van der Waals surface area contributed by atoms with E-state index in [4.69, 9.17) is 11.6 Å². The fourth-order valence-corrected chi connectivity index (χ4v) is 4.39. The first kappa shape index (κ1) is 15.3. The van der Waals surface area contributed by atoms with Crippen LogP contribution in [0.5, 0.6) is 0 Å². The highest BCUT2D eigenvalue weighted by Gasteiger charge is 2.35. The van der Waals surface area contributed by atoms with Gasteiger partial charge in [-0.1, -0.05) is 44.7 Å². The summed E-state index contributed by atoms with van der Waals surface area (Å²) in [7, 11) is 0. The maximum absolute atomic E-state index is 6.07. The molecule has 0 aromatic carbocycles. The zero-order valence-electron chi connectivity index (χ0n) is 12.2. The minimum atomic E-state index is 0.462. The largest absolute Gasteiger partial charge is 0.313 e. The normalized spacial score (nSPS) is 20.4. The van der Waals surface area contributed by atoms with Crippen molar-refractivity contribution >= 4 is 22.9 Å². The monoisotopic (exact) mass is 299 g/mol. The third-order valence-corrected chi connectivity index (χ3v) is 5.77. The highest BCUT2D eigenvalue weighted by Crippen LogP contribution is 2.40. The van der Waals surface area contributed by atoms with Crippen LogP contribution in [-0.2, 0) is 6.42 Å². The van der Waals surface area contributed by atoms with Gasteiger partial charge in [-0.3, -0.25) is 0 Å². The average molecular weight is 300 g/mol.